The number of hydrogen-bond acceptors (Lipinski definition) is 3. The molecule has 2 fully saturated rings. The summed E-state index contributed by atoms with van der Waals surface area (Å²) < 4.78 is 39.9. The van der Waals surface area contributed by atoms with Crippen LogP contribution in [0.25, 0.3) is 0 Å². The Morgan fingerprint density at radius 1 is 1.21 bits per heavy atom. The van der Waals surface area contributed by atoms with E-state index in [1.54, 1.807) is 6.07 Å². The van der Waals surface area contributed by atoms with Crippen molar-refractivity contribution in [2.45, 2.75) is 23.8 Å². The molecule has 3 rings (SSSR count). The van der Waals surface area contributed by atoms with Gasteiger partial charge in [0, 0.05) is 19.1 Å². The molecule has 3 atom stereocenters. The van der Waals surface area contributed by atoms with Crippen LogP contribution in [0.4, 0.5) is 4.39 Å². The molecule has 0 aromatic heterocycles. The second-order valence-corrected chi connectivity index (χ2v) is 7.32. The molecule has 0 radical (unpaired) electrons. The maximum Gasteiger partial charge on any atom is 0.246 e. The van der Waals surface area contributed by atoms with Crippen LogP contribution in [-0.4, -0.2) is 31.9 Å². The number of benzene rings is 1. The molecule has 0 amide bonds. The smallest absolute Gasteiger partial charge is 0.246 e. The van der Waals surface area contributed by atoms with Gasteiger partial charge in [-0.15, -0.1) is 0 Å². The Balaban J connectivity index is 1.89. The number of hydrogen-bond donors (Lipinski definition) is 1. The Morgan fingerprint density at radius 3 is 2.63 bits per heavy atom. The van der Waals surface area contributed by atoms with Crippen molar-refractivity contribution < 1.29 is 12.8 Å². The molecule has 0 bridgehead atoms. The largest absolute Gasteiger partial charge is 0.327 e. The maximum absolute atomic E-state index is 13.7. The topological polar surface area (TPSA) is 63.4 Å². The summed E-state index contributed by atoms with van der Waals surface area (Å²) in [5, 5.41) is 0. The predicted molar refractivity (Wildman–Crippen MR) is 69.3 cm³/mol. The molecule has 6 heteroatoms. The van der Waals surface area contributed by atoms with E-state index in [1.165, 1.54) is 22.5 Å². The summed E-state index contributed by atoms with van der Waals surface area (Å²) >= 11 is 0. The molecule has 1 saturated carbocycles. The van der Waals surface area contributed by atoms with Gasteiger partial charge in [0.1, 0.15) is 10.7 Å². The number of nitrogens with zero attached hydrogens (tertiary/aromatic N) is 1. The molecule has 1 aliphatic heterocycles. The molecule has 2 N–H and O–H groups in total. The van der Waals surface area contributed by atoms with E-state index in [4.69, 9.17) is 5.73 Å². The maximum atomic E-state index is 13.7. The first-order chi connectivity index (χ1) is 9.00. The fourth-order valence-electron chi connectivity index (χ4n) is 3.26. The van der Waals surface area contributed by atoms with Gasteiger partial charge in [0.15, 0.2) is 0 Å². The standard InChI is InChI=1S/C13H17FN2O2S/c14-11-3-1-2-4-13(11)19(17,18)16-7-9-5-6-12(15)10(9)8-16/h1-4,9-10,12H,5-8,15H2. The lowest BCUT2D eigenvalue weighted by atomic mass is 9.98. The van der Waals surface area contributed by atoms with Crippen LogP contribution in [0.2, 0.25) is 0 Å². The van der Waals surface area contributed by atoms with Crippen molar-refractivity contribution in [3.05, 3.63) is 30.1 Å². The van der Waals surface area contributed by atoms with Crippen molar-refractivity contribution in [1.29, 1.82) is 0 Å². The predicted octanol–water partition coefficient (Wildman–Crippen LogP) is 1.18. The van der Waals surface area contributed by atoms with Crippen LogP contribution in [0.3, 0.4) is 0 Å². The average Bonchev–Trinajstić information content (AvgIpc) is 2.93. The highest BCUT2D eigenvalue weighted by atomic mass is 32.2. The van der Waals surface area contributed by atoms with E-state index in [0.717, 1.165) is 12.8 Å². The van der Waals surface area contributed by atoms with Crippen LogP contribution in [-0.2, 0) is 10.0 Å². The van der Waals surface area contributed by atoms with Gasteiger partial charge in [0.05, 0.1) is 0 Å². The SMILES string of the molecule is NC1CCC2CN(S(=O)(=O)c3ccccc3F)CC12. The summed E-state index contributed by atoms with van der Waals surface area (Å²) in [6.07, 6.45) is 1.93. The third-order valence-electron chi connectivity index (χ3n) is 4.33. The van der Waals surface area contributed by atoms with E-state index in [-0.39, 0.29) is 16.9 Å². The van der Waals surface area contributed by atoms with Crippen LogP contribution < -0.4 is 5.73 Å². The van der Waals surface area contributed by atoms with E-state index >= 15 is 0 Å². The summed E-state index contributed by atoms with van der Waals surface area (Å²) in [7, 11) is -3.73. The van der Waals surface area contributed by atoms with Crippen LogP contribution in [0.1, 0.15) is 12.8 Å². The van der Waals surface area contributed by atoms with E-state index in [9.17, 15) is 12.8 Å². The molecular formula is C13H17FN2O2S. The van der Waals surface area contributed by atoms with Gasteiger partial charge < -0.3 is 5.73 Å². The van der Waals surface area contributed by atoms with Crippen molar-refractivity contribution >= 4 is 10.0 Å². The van der Waals surface area contributed by atoms with Crippen molar-refractivity contribution in [2.24, 2.45) is 17.6 Å². The second-order valence-electron chi connectivity index (χ2n) is 5.42. The monoisotopic (exact) mass is 284 g/mol. The lowest BCUT2D eigenvalue weighted by Gasteiger charge is -2.18. The van der Waals surface area contributed by atoms with Gasteiger partial charge in [-0.05, 0) is 36.8 Å². The average molecular weight is 284 g/mol. The first-order valence-corrected chi connectivity index (χ1v) is 7.94. The van der Waals surface area contributed by atoms with Crippen LogP contribution in [0.15, 0.2) is 29.2 Å². The fourth-order valence-corrected chi connectivity index (χ4v) is 4.86. The molecule has 2 aliphatic rings. The Labute approximate surface area is 112 Å². The molecule has 1 aliphatic carbocycles. The van der Waals surface area contributed by atoms with E-state index in [1.807, 2.05) is 0 Å². The van der Waals surface area contributed by atoms with Gasteiger partial charge >= 0.3 is 0 Å². The molecule has 1 aromatic carbocycles. The minimum Gasteiger partial charge on any atom is -0.327 e. The molecule has 1 aromatic rings. The van der Waals surface area contributed by atoms with Crippen LogP contribution in [0, 0.1) is 17.7 Å². The van der Waals surface area contributed by atoms with Gasteiger partial charge in [-0.1, -0.05) is 12.1 Å². The Kier molecular flexibility index (Phi) is 3.11. The number of halogens is 1. The zero-order valence-electron chi connectivity index (χ0n) is 10.5. The third kappa shape index (κ3) is 2.07. The molecule has 104 valence electrons. The lowest BCUT2D eigenvalue weighted by molar-refractivity contribution is 0.424. The van der Waals surface area contributed by atoms with E-state index in [2.05, 4.69) is 0 Å². The summed E-state index contributed by atoms with van der Waals surface area (Å²) in [6, 6.07) is 5.60. The number of rotatable bonds is 2. The zero-order valence-corrected chi connectivity index (χ0v) is 11.3. The van der Waals surface area contributed by atoms with E-state index < -0.39 is 15.8 Å². The minimum absolute atomic E-state index is 0.0748. The summed E-state index contributed by atoms with van der Waals surface area (Å²) in [5.41, 5.74) is 6.00. The Morgan fingerprint density at radius 2 is 1.95 bits per heavy atom. The number of sulfonamides is 1. The molecule has 1 heterocycles. The highest BCUT2D eigenvalue weighted by Crippen LogP contribution is 2.39. The molecule has 3 unspecified atom stereocenters. The van der Waals surface area contributed by atoms with Gasteiger partial charge in [-0.3, -0.25) is 0 Å². The summed E-state index contributed by atoms with van der Waals surface area (Å²) in [6.45, 7) is 0.886. The highest BCUT2D eigenvalue weighted by Gasteiger charge is 2.45. The van der Waals surface area contributed by atoms with Gasteiger partial charge in [0.25, 0.3) is 0 Å². The summed E-state index contributed by atoms with van der Waals surface area (Å²) in [5.74, 6) is -0.137. The first kappa shape index (κ1) is 13.0. The fraction of sp³-hybridized carbons (Fsp3) is 0.538. The molecule has 19 heavy (non-hydrogen) atoms. The second kappa shape index (κ2) is 4.54. The third-order valence-corrected chi connectivity index (χ3v) is 6.20. The molecule has 1 saturated heterocycles. The van der Waals surface area contributed by atoms with Crippen molar-refractivity contribution in [3.8, 4) is 0 Å². The van der Waals surface area contributed by atoms with Gasteiger partial charge in [0.2, 0.25) is 10.0 Å². The van der Waals surface area contributed by atoms with Crippen molar-refractivity contribution in [1.82, 2.24) is 4.31 Å². The van der Waals surface area contributed by atoms with Crippen molar-refractivity contribution in [3.63, 3.8) is 0 Å². The number of fused-ring (bicyclic) bond motifs is 1. The lowest BCUT2D eigenvalue weighted by Crippen LogP contribution is -2.33. The Hall–Kier alpha value is -0.980. The molecule has 4 nitrogen and oxygen atoms in total. The molecule has 0 spiro atoms. The highest BCUT2D eigenvalue weighted by molar-refractivity contribution is 7.89. The van der Waals surface area contributed by atoms with Crippen molar-refractivity contribution in [2.75, 3.05) is 13.1 Å². The zero-order chi connectivity index (χ0) is 13.6. The normalized spacial score (nSPS) is 31.6. The quantitative estimate of drug-likeness (QED) is 0.887. The first-order valence-electron chi connectivity index (χ1n) is 6.50. The van der Waals surface area contributed by atoms with Crippen LogP contribution >= 0.6 is 0 Å². The summed E-state index contributed by atoms with van der Waals surface area (Å²) in [4.78, 5) is -0.233. The minimum atomic E-state index is -3.73. The van der Waals surface area contributed by atoms with Crippen LogP contribution in [0.5, 0.6) is 0 Å². The number of nitrogens with two attached hydrogens (primary N) is 1. The van der Waals surface area contributed by atoms with Gasteiger partial charge in [-0.2, -0.15) is 4.31 Å². The molecular weight excluding hydrogens is 267 g/mol. The Bertz CT molecular complexity index is 590. The van der Waals surface area contributed by atoms with Gasteiger partial charge in [-0.25, -0.2) is 12.8 Å². The van der Waals surface area contributed by atoms with E-state index in [0.29, 0.717) is 19.0 Å².